The number of carbonyl (C=O) groups is 1. The van der Waals surface area contributed by atoms with Crippen LogP contribution in [-0.4, -0.2) is 33.8 Å². The van der Waals surface area contributed by atoms with Gasteiger partial charge in [-0.15, -0.1) is 0 Å². The molecular formula is C14H16FN5O. The number of hydrogen-bond donors (Lipinski definition) is 2. The SMILES string of the molecule is O=C(Nc1cnn(C2CCNCC2)c1)c1cncc(F)c1. The molecule has 0 spiro atoms. The van der Waals surface area contributed by atoms with E-state index in [0.717, 1.165) is 38.2 Å². The molecule has 2 aromatic heterocycles. The van der Waals surface area contributed by atoms with E-state index in [2.05, 4.69) is 20.7 Å². The Morgan fingerprint density at radius 3 is 2.90 bits per heavy atom. The quantitative estimate of drug-likeness (QED) is 0.900. The van der Waals surface area contributed by atoms with Crippen LogP contribution in [-0.2, 0) is 0 Å². The molecule has 0 saturated carbocycles. The van der Waals surface area contributed by atoms with Crippen molar-refractivity contribution < 1.29 is 9.18 Å². The molecule has 1 fully saturated rings. The van der Waals surface area contributed by atoms with Crippen LogP contribution in [0.2, 0.25) is 0 Å². The van der Waals surface area contributed by atoms with Crippen LogP contribution in [0.3, 0.4) is 0 Å². The first kappa shape index (κ1) is 13.7. The summed E-state index contributed by atoms with van der Waals surface area (Å²) in [6.07, 6.45) is 7.83. The van der Waals surface area contributed by atoms with Gasteiger partial charge in [0, 0.05) is 12.4 Å². The van der Waals surface area contributed by atoms with Crippen LogP contribution in [0, 0.1) is 5.82 Å². The van der Waals surface area contributed by atoms with Gasteiger partial charge in [-0.25, -0.2) is 4.39 Å². The smallest absolute Gasteiger partial charge is 0.257 e. The zero-order chi connectivity index (χ0) is 14.7. The molecule has 0 bridgehead atoms. The lowest BCUT2D eigenvalue weighted by Crippen LogP contribution is -2.29. The molecule has 110 valence electrons. The Kier molecular flexibility index (Phi) is 3.92. The predicted octanol–water partition coefficient (Wildman–Crippen LogP) is 1.59. The lowest BCUT2D eigenvalue weighted by Gasteiger charge is -2.22. The minimum Gasteiger partial charge on any atom is -0.319 e. The standard InChI is InChI=1S/C14H16FN5O/c15-11-5-10(6-17-7-11)14(21)19-12-8-18-20(9-12)13-1-3-16-4-2-13/h5-9,13,16H,1-4H2,(H,19,21). The van der Waals surface area contributed by atoms with Gasteiger partial charge in [-0.2, -0.15) is 5.10 Å². The maximum Gasteiger partial charge on any atom is 0.257 e. The molecule has 3 heterocycles. The average molecular weight is 289 g/mol. The predicted molar refractivity (Wildman–Crippen MR) is 75.5 cm³/mol. The van der Waals surface area contributed by atoms with E-state index in [0.29, 0.717) is 11.7 Å². The van der Waals surface area contributed by atoms with E-state index in [1.54, 1.807) is 12.4 Å². The van der Waals surface area contributed by atoms with Crippen molar-refractivity contribution in [2.24, 2.45) is 0 Å². The van der Waals surface area contributed by atoms with Crippen molar-refractivity contribution in [3.63, 3.8) is 0 Å². The molecule has 3 rings (SSSR count). The zero-order valence-electron chi connectivity index (χ0n) is 11.4. The number of amides is 1. The van der Waals surface area contributed by atoms with E-state index >= 15 is 0 Å². The van der Waals surface area contributed by atoms with Crippen LogP contribution < -0.4 is 10.6 Å². The maximum atomic E-state index is 13.0. The molecular weight excluding hydrogens is 273 g/mol. The molecule has 1 amide bonds. The van der Waals surface area contributed by atoms with Gasteiger partial charge in [-0.05, 0) is 32.0 Å². The van der Waals surface area contributed by atoms with Gasteiger partial charge in [0.1, 0.15) is 5.82 Å². The third-order valence-electron chi connectivity index (χ3n) is 3.51. The summed E-state index contributed by atoms with van der Waals surface area (Å²) in [4.78, 5) is 15.6. The Balaban J connectivity index is 1.68. The van der Waals surface area contributed by atoms with Gasteiger partial charge >= 0.3 is 0 Å². The number of halogens is 1. The Bertz CT molecular complexity index is 636. The fourth-order valence-corrected chi connectivity index (χ4v) is 2.41. The fourth-order valence-electron chi connectivity index (χ4n) is 2.41. The van der Waals surface area contributed by atoms with Crippen molar-refractivity contribution in [1.82, 2.24) is 20.1 Å². The minimum atomic E-state index is -0.534. The average Bonchev–Trinajstić information content (AvgIpc) is 2.97. The van der Waals surface area contributed by atoms with E-state index in [9.17, 15) is 9.18 Å². The molecule has 1 saturated heterocycles. The Morgan fingerprint density at radius 1 is 1.33 bits per heavy atom. The molecule has 0 aromatic carbocycles. The lowest BCUT2D eigenvalue weighted by atomic mass is 10.1. The van der Waals surface area contributed by atoms with Crippen LogP contribution in [0.4, 0.5) is 10.1 Å². The third-order valence-corrected chi connectivity index (χ3v) is 3.51. The Hall–Kier alpha value is -2.28. The van der Waals surface area contributed by atoms with E-state index < -0.39 is 11.7 Å². The number of nitrogens with zero attached hydrogens (tertiary/aromatic N) is 3. The lowest BCUT2D eigenvalue weighted by molar-refractivity contribution is 0.102. The summed E-state index contributed by atoms with van der Waals surface area (Å²) >= 11 is 0. The van der Waals surface area contributed by atoms with Gasteiger partial charge in [-0.3, -0.25) is 14.5 Å². The molecule has 0 aliphatic carbocycles. The summed E-state index contributed by atoms with van der Waals surface area (Å²) in [6, 6.07) is 1.51. The third kappa shape index (κ3) is 3.25. The normalized spacial score (nSPS) is 15.9. The Labute approximate surface area is 121 Å². The van der Waals surface area contributed by atoms with Gasteiger partial charge in [0.15, 0.2) is 0 Å². The van der Waals surface area contributed by atoms with Gasteiger partial charge < -0.3 is 10.6 Å². The number of nitrogens with one attached hydrogen (secondary N) is 2. The number of rotatable bonds is 3. The molecule has 0 radical (unpaired) electrons. The second-order valence-electron chi connectivity index (χ2n) is 5.04. The van der Waals surface area contributed by atoms with Crippen molar-refractivity contribution in [2.45, 2.75) is 18.9 Å². The number of hydrogen-bond acceptors (Lipinski definition) is 4. The van der Waals surface area contributed by atoms with Crippen molar-refractivity contribution in [1.29, 1.82) is 0 Å². The van der Waals surface area contributed by atoms with E-state index in [4.69, 9.17) is 0 Å². The molecule has 2 N–H and O–H groups in total. The van der Waals surface area contributed by atoms with Crippen molar-refractivity contribution in [3.05, 3.63) is 42.2 Å². The zero-order valence-corrected chi connectivity index (χ0v) is 11.4. The number of pyridine rings is 1. The largest absolute Gasteiger partial charge is 0.319 e. The number of anilines is 1. The number of aromatic nitrogens is 3. The highest BCUT2D eigenvalue weighted by atomic mass is 19.1. The van der Waals surface area contributed by atoms with Gasteiger partial charge in [0.2, 0.25) is 0 Å². The summed E-state index contributed by atoms with van der Waals surface area (Å²) in [5, 5.41) is 10.3. The topological polar surface area (TPSA) is 71.8 Å². The first-order valence-electron chi connectivity index (χ1n) is 6.89. The van der Waals surface area contributed by atoms with Crippen LogP contribution in [0.5, 0.6) is 0 Å². The molecule has 1 aliphatic rings. The molecule has 0 unspecified atom stereocenters. The first-order valence-corrected chi connectivity index (χ1v) is 6.89. The highest BCUT2D eigenvalue weighted by Crippen LogP contribution is 2.19. The number of piperidine rings is 1. The molecule has 21 heavy (non-hydrogen) atoms. The van der Waals surface area contributed by atoms with E-state index in [1.807, 2.05) is 4.68 Å². The highest BCUT2D eigenvalue weighted by Gasteiger charge is 2.16. The summed E-state index contributed by atoms with van der Waals surface area (Å²) < 4.78 is 14.9. The van der Waals surface area contributed by atoms with Crippen molar-refractivity contribution in [3.8, 4) is 0 Å². The second kappa shape index (κ2) is 6.01. The minimum absolute atomic E-state index is 0.185. The summed E-state index contributed by atoms with van der Waals surface area (Å²) in [5.74, 6) is -0.931. The second-order valence-corrected chi connectivity index (χ2v) is 5.04. The molecule has 0 atom stereocenters. The molecule has 7 heteroatoms. The fraction of sp³-hybridized carbons (Fsp3) is 0.357. The Morgan fingerprint density at radius 2 is 2.14 bits per heavy atom. The van der Waals surface area contributed by atoms with Crippen LogP contribution in [0.1, 0.15) is 29.2 Å². The van der Waals surface area contributed by atoms with Crippen LogP contribution >= 0.6 is 0 Å². The van der Waals surface area contributed by atoms with Crippen LogP contribution in [0.25, 0.3) is 0 Å². The van der Waals surface area contributed by atoms with Gasteiger partial charge in [-0.1, -0.05) is 0 Å². The first-order chi connectivity index (χ1) is 10.2. The van der Waals surface area contributed by atoms with Crippen LogP contribution in [0.15, 0.2) is 30.9 Å². The van der Waals surface area contributed by atoms with Gasteiger partial charge in [0.25, 0.3) is 5.91 Å². The summed E-state index contributed by atoms with van der Waals surface area (Å²) in [5.41, 5.74) is 0.785. The van der Waals surface area contributed by atoms with Crippen molar-refractivity contribution >= 4 is 11.6 Å². The van der Waals surface area contributed by atoms with E-state index in [1.165, 1.54) is 6.20 Å². The molecule has 1 aliphatic heterocycles. The number of carbonyl (C=O) groups excluding carboxylic acids is 1. The monoisotopic (exact) mass is 289 g/mol. The van der Waals surface area contributed by atoms with Crippen molar-refractivity contribution in [2.75, 3.05) is 18.4 Å². The molecule has 2 aromatic rings. The summed E-state index contributed by atoms with van der Waals surface area (Å²) in [6.45, 7) is 1.95. The maximum absolute atomic E-state index is 13.0. The molecule has 6 nitrogen and oxygen atoms in total. The van der Waals surface area contributed by atoms with Gasteiger partial charge in [0.05, 0.1) is 29.7 Å². The summed E-state index contributed by atoms with van der Waals surface area (Å²) in [7, 11) is 0. The highest BCUT2D eigenvalue weighted by molar-refractivity contribution is 6.03. The van der Waals surface area contributed by atoms with E-state index in [-0.39, 0.29) is 5.56 Å².